The summed E-state index contributed by atoms with van der Waals surface area (Å²) >= 11 is 0. The molecule has 0 radical (unpaired) electrons. The number of nitrogens with zero attached hydrogens (tertiary/aromatic N) is 3. The van der Waals surface area contributed by atoms with Crippen LogP contribution < -0.4 is 4.74 Å². The molecule has 0 fully saturated rings. The molecule has 0 bridgehead atoms. The lowest BCUT2D eigenvalue weighted by atomic mass is 10.2. The Labute approximate surface area is 95.6 Å². The van der Waals surface area contributed by atoms with E-state index in [0.29, 0.717) is 17.2 Å². The Bertz CT molecular complexity index is 522. The van der Waals surface area contributed by atoms with Crippen LogP contribution in [0.25, 0.3) is 0 Å². The highest BCUT2D eigenvalue weighted by Gasteiger charge is 1.98. The number of rotatable bonds is 2. The lowest BCUT2D eigenvalue weighted by Crippen LogP contribution is -1.84. The van der Waals surface area contributed by atoms with Crippen molar-refractivity contribution in [1.82, 2.24) is 15.4 Å². The van der Waals surface area contributed by atoms with Crippen LogP contribution in [0, 0.1) is 11.3 Å². The second kappa shape index (κ2) is 6.50. The molecule has 0 spiro atoms. The molecule has 1 N–H and O–H groups in total. The van der Waals surface area contributed by atoms with Gasteiger partial charge in [0, 0.05) is 0 Å². The zero-order valence-electron chi connectivity index (χ0n) is 8.45. The van der Waals surface area contributed by atoms with Crippen molar-refractivity contribution in [2.45, 2.75) is 0 Å². The van der Waals surface area contributed by atoms with Crippen molar-refractivity contribution in [3.8, 4) is 17.7 Å². The molecule has 7 heteroatoms. The molecule has 1 aromatic heterocycles. The van der Waals surface area contributed by atoms with Gasteiger partial charge in [-0.25, -0.2) is 0 Å². The summed E-state index contributed by atoms with van der Waals surface area (Å²) in [6.07, 6.45) is 1.72. The molecule has 1 aromatic carbocycles. The van der Waals surface area contributed by atoms with Crippen molar-refractivity contribution in [1.29, 1.82) is 5.26 Å². The number of ether oxygens (including phenoxy) is 1. The number of hydrogen-bond acceptors (Lipinski definition) is 6. The lowest BCUT2D eigenvalue weighted by Gasteiger charge is -1.99. The summed E-state index contributed by atoms with van der Waals surface area (Å²) < 4.78 is 5.30. The Morgan fingerprint density at radius 2 is 1.88 bits per heavy atom. The largest absolute Gasteiger partial charge is 0.436 e. The molecule has 2 aromatic rings. The SMILES string of the molecule is N#Cc1ccc(Oc2cn[nH]n2)cc1.O=C=O. The molecular formula is C10H6N4O3. The van der Waals surface area contributed by atoms with Crippen molar-refractivity contribution < 1.29 is 14.3 Å². The number of aromatic nitrogens is 3. The third-order valence-electron chi connectivity index (χ3n) is 1.60. The van der Waals surface area contributed by atoms with Gasteiger partial charge in [-0.3, -0.25) is 0 Å². The van der Waals surface area contributed by atoms with E-state index >= 15 is 0 Å². The highest BCUT2D eigenvalue weighted by atomic mass is 16.5. The number of benzene rings is 1. The summed E-state index contributed by atoms with van der Waals surface area (Å²) in [5.41, 5.74) is 0.595. The van der Waals surface area contributed by atoms with Crippen LogP contribution in [0.4, 0.5) is 0 Å². The Morgan fingerprint density at radius 1 is 1.24 bits per heavy atom. The summed E-state index contributed by atoms with van der Waals surface area (Å²) in [6, 6.07) is 8.78. The lowest BCUT2D eigenvalue weighted by molar-refractivity contribution is -0.191. The number of aromatic amines is 1. The maximum Gasteiger partial charge on any atom is 0.373 e. The van der Waals surface area contributed by atoms with E-state index in [4.69, 9.17) is 19.6 Å². The molecule has 17 heavy (non-hydrogen) atoms. The molecule has 0 unspecified atom stereocenters. The van der Waals surface area contributed by atoms with E-state index in [0.717, 1.165) is 0 Å². The van der Waals surface area contributed by atoms with E-state index in [1.807, 2.05) is 6.07 Å². The van der Waals surface area contributed by atoms with Crippen LogP contribution in [-0.2, 0) is 9.59 Å². The zero-order chi connectivity index (χ0) is 12.5. The van der Waals surface area contributed by atoms with E-state index < -0.39 is 0 Å². The van der Waals surface area contributed by atoms with Gasteiger partial charge in [-0.05, 0) is 24.3 Å². The van der Waals surface area contributed by atoms with E-state index in [2.05, 4.69) is 15.4 Å². The van der Waals surface area contributed by atoms with Crippen molar-refractivity contribution in [3.63, 3.8) is 0 Å². The minimum atomic E-state index is 0.250. The van der Waals surface area contributed by atoms with Crippen molar-refractivity contribution >= 4 is 6.15 Å². The molecule has 0 atom stereocenters. The summed E-state index contributed by atoms with van der Waals surface area (Å²) in [5, 5.41) is 18.3. The van der Waals surface area contributed by atoms with E-state index in [9.17, 15) is 0 Å². The molecule has 0 saturated heterocycles. The van der Waals surface area contributed by atoms with Gasteiger partial charge in [-0.1, -0.05) is 0 Å². The first kappa shape index (κ1) is 12.1. The van der Waals surface area contributed by atoms with E-state index in [-0.39, 0.29) is 6.15 Å². The smallest absolute Gasteiger partial charge is 0.373 e. The number of H-pyrrole nitrogens is 1. The third kappa shape index (κ3) is 3.95. The first-order valence-corrected chi connectivity index (χ1v) is 4.33. The van der Waals surface area contributed by atoms with Crippen LogP contribution >= 0.6 is 0 Å². The summed E-state index contributed by atoms with van der Waals surface area (Å²) in [4.78, 5) is 16.2. The van der Waals surface area contributed by atoms with Gasteiger partial charge in [0.2, 0.25) is 0 Å². The summed E-state index contributed by atoms with van der Waals surface area (Å²) in [6.45, 7) is 0. The number of hydrogen-bond donors (Lipinski definition) is 1. The van der Waals surface area contributed by atoms with Crippen LogP contribution in [0.5, 0.6) is 11.6 Å². The van der Waals surface area contributed by atoms with Gasteiger partial charge in [0.05, 0.1) is 11.6 Å². The molecule has 0 aliphatic heterocycles. The Balaban J connectivity index is 0.000000437. The molecule has 7 nitrogen and oxygen atoms in total. The highest BCUT2D eigenvalue weighted by Crippen LogP contribution is 2.17. The van der Waals surface area contributed by atoms with Crippen molar-refractivity contribution in [2.24, 2.45) is 0 Å². The van der Waals surface area contributed by atoms with Crippen LogP contribution in [0.1, 0.15) is 5.56 Å². The maximum atomic E-state index is 8.57. The van der Waals surface area contributed by atoms with Crippen LogP contribution in [0.15, 0.2) is 30.5 Å². The zero-order valence-corrected chi connectivity index (χ0v) is 8.45. The quantitative estimate of drug-likeness (QED) is 0.820. The van der Waals surface area contributed by atoms with Crippen molar-refractivity contribution in [2.75, 3.05) is 0 Å². The molecule has 0 aliphatic rings. The monoisotopic (exact) mass is 230 g/mol. The van der Waals surface area contributed by atoms with Gasteiger partial charge < -0.3 is 4.74 Å². The van der Waals surface area contributed by atoms with E-state index in [1.54, 1.807) is 24.3 Å². The molecular weight excluding hydrogens is 224 g/mol. The molecule has 1 heterocycles. The molecule has 0 amide bonds. The maximum absolute atomic E-state index is 8.57. The Hall–Kier alpha value is -2.97. The van der Waals surface area contributed by atoms with Crippen molar-refractivity contribution in [3.05, 3.63) is 36.0 Å². The summed E-state index contributed by atoms with van der Waals surface area (Å²) in [5.74, 6) is 1.02. The number of nitriles is 1. The highest BCUT2D eigenvalue weighted by molar-refractivity contribution is 5.35. The average molecular weight is 230 g/mol. The van der Waals surface area contributed by atoms with Crippen LogP contribution in [0.3, 0.4) is 0 Å². The van der Waals surface area contributed by atoms with Gasteiger partial charge in [0.15, 0.2) is 0 Å². The van der Waals surface area contributed by atoms with Gasteiger partial charge in [-0.15, -0.1) is 5.10 Å². The van der Waals surface area contributed by atoms with Crippen LogP contribution in [-0.4, -0.2) is 21.6 Å². The Kier molecular flexibility index (Phi) is 4.63. The van der Waals surface area contributed by atoms with E-state index in [1.165, 1.54) is 6.20 Å². The minimum absolute atomic E-state index is 0.250. The number of nitrogens with one attached hydrogen (secondary N) is 1. The fraction of sp³-hybridized carbons (Fsp3) is 0. The van der Waals surface area contributed by atoms with Gasteiger partial charge in [-0.2, -0.15) is 25.2 Å². The predicted octanol–water partition coefficient (Wildman–Crippen LogP) is 0.885. The Morgan fingerprint density at radius 3 is 2.35 bits per heavy atom. The fourth-order valence-electron chi connectivity index (χ4n) is 0.959. The molecule has 0 saturated carbocycles. The predicted molar refractivity (Wildman–Crippen MR) is 52.6 cm³/mol. The second-order valence-electron chi connectivity index (χ2n) is 2.63. The fourth-order valence-corrected chi connectivity index (χ4v) is 0.959. The third-order valence-corrected chi connectivity index (χ3v) is 1.60. The average Bonchev–Trinajstić information content (AvgIpc) is 2.84. The van der Waals surface area contributed by atoms with Gasteiger partial charge >= 0.3 is 6.15 Å². The topological polar surface area (TPSA) is 109 Å². The molecule has 2 rings (SSSR count). The van der Waals surface area contributed by atoms with Crippen LogP contribution in [0.2, 0.25) is 0 Å². The second-order valence-corrected chi connectivity index (χ2v) is 2.63. The normalized spacial score (nSPS) is 8.18. The summed E-state index contributed by atoms with van der Waals surface area (Å²) in [7, 11) is 0. The first-order chi connectivity index (χ1) is 8.30. The van der Waals surface area contributed by atoms with Gasteiger partial charge in [0.25, 0.3) is 5.88 Å². The molecule has 0 aliphatic carbocycles. The molecule has 84 valence electrons. The minimum Gasteiger partial charge on any atom is -0.436 e. The number of carbonyl (C=O) groups excluding carboxylic acids is 2. The first-order valence-electron chi connectivity index (χ1n) is 4.33. The van der Waals surface area contributed by atoms with Gasteiger partial charge in [0.1, 0.15) is 11.9 Å². The standard InChI is InChI=1S/C9H6N4O.CO2/c10-5-7-1-3-8(4-2-7)14-9-6-11-13-12-9;2-1-3/h1-4,6H,(H,11,12,13);.